The van der Waals surface area contributed by atoms with Gasteiger partial charge in [-0.05, 0) is 31.2 Å². The molecular weight excluding hydrogens is 446 g/mol. The molecule has 0 unspecified atom stereocenters. The first-order chi connectivity index (χ1) is 14.3. The Bertz CT molecular complexity index is 1150. The predicted molar refractivity (Wildman–Crippen MR) is 117 cm³/mol. The van der Waals surface area contributed by atoms with Crippen LogP contribution in [0.4, 0.5) is 5.69 Å². The van der Waals surface area contributed by atoms with Gasteiger partial charge in [0.1, 0.15) is 5.82 Å². The van der Waals surface area contributed by atoms with Crippen molar-refractivity contribution in [2.75, 3.05) is 11.1 Å². The molecule has 0 fully saturated rings. The predicted octanol–water partition coefficient (Wildman–Crippen LogP) is 2.99. The second-order valence-electron chi connectivity index (χ2n) is 6.41. The number of nitrogens with zero attached hydrogens (tertiary/aromatic N) is 3. The Labute approximate surface area is 184 Å². The van der Waals surface area contributed by atoms with E-state index in [1.807, 2.05) is 6.92 Å². The Morgan fingerprint density at radius 3 is 2.53 bits per heavy atom. The van der Waals surface area contributed by atoms with Crippen LogP contribution >= 0.6 is 23.4 Å². The van der Waals surface area contributed by atoms with Crippen LogP contribution in [0.5, 0.6) is 0 Å². The average Bonchev–Trinajstić information content (AvgIpc) is 3.06. The lowest BCUT2D eigenvalue weighted by molar-refractivity contribution is -0.113. The van der Waals surface area contributed by atoms with E-state index in [0.717, 1.165) is 5.56 Å². The van der Waals surface area contributed by atoms with Crippen molar-refractivity contribution < 1.29 is 13.2 Å². The van der Waals surface area contributed by atoms with Crippen molar-refractivity contribution in [3.05, 3.63) is 64.9 Å². The molecule has 0 aliphatic heterocycles. The number of benzene rings is 2. The highest BCUT2D eigenvalue weighted by Gasteiger charge is 2.17. The number of anilines is 1. The zero-order valence-corrected chi connectivity index (χ0v) is 18.7. The lowest BCUT2D eigenvalue weighted by Gasteiger charge is -2.08. The highest BCUT2D eigenvalue weighted by Crippen LogP contribution is 2.22. The van der Waals surface area contributed by atoms with Gasteiger partial charge in [0.2, 0.25) is 15.9 Å². The third-order valence-electron chi connectivity index (χ3n) is 4.16. The maximum absolute atomic E-state index is 12.4. The summed E-state index contributed by atoms with van der Waals surface area (Å²) in [6, 6.07) is 13.5. The first-order valence-electron chi connectivity index (χ1n) is 8.88. The van der Waals surface area contributed by atoms with Crippen LogP contribution in [0.1, 0.15) is 11.4 Å². The molecule has 1 amide bonds. The number of carbonyl (C=O) groups excluding carboxylic acids is 1. The number of aryl methyl sites for hydroxylation is 1. The molecule has 0 atom stereocenters. The monoisotopic (exact) mass is 465 g/mol. The van der Waals surface area contributed by atoms with E-state index in [0.29, 0.717) is 21.7 Å². The van der Waals surface area contributed by atoms with Gasteiger partial charge in [-0.3, -0.25) is 4.79 Å². The van der Waals surface area contributed by atoms with Crippen LogP contribution < -0.4 is 10.0 Å². The van der Waals surface area contributed by atoms with Gasteiger partial charge in [0.05, 0.1) is 27.9 Å². The fraction of sp³-hybridized carbons (Fsp3) is 0.211. The zero-order valence-electron chi connectivity index (χ0n) is 16.3. The summed E-state index contributed by atoms with van der Waals surface area (Å²) in [5.74, 6) is 0.296. The van der Waals surface area contributed by atoms with Crippen LogP contribution in [0.2, 0.25) is 5.02 Å². The summed E-state index contributed by atoms with van der Waals surface area (Å²) in [7, 11) is -1.95. The third kappa shape index (κ3) is 5.60. The third-order valence-corrected chi connectivity index (χ3v) is 6.92. The van der Waals surface area contributed by atoms with Gasteiger partial charge in [-0.2, -0.15) is 0 Å². The number of rotatable bonds is 8. The SMILES string of the molecule is Cc1ccc(S(=O)(=O)NCc2nnc(SCC(=O)Nc3ccccc3Cl)n2C)cc1. The summed E-state index contributed by atoms with van der Waals surface area (Å²) in [5, 5.41) is 11.7. The Hall–Kier alpha value is -2.40. The van der Waals surface area contributed by atoms with Crippen molar-refractivity contribution in [3.8, 4) is 0 Å². The first kappa shape index (κ1) is 22.3. The van der Waals surface area contributed by atoms with Crippen LogP contribution in [0.3, 0.4) is 0 Å². The first-order valence-corrected chi connectivity index (χ1v) is 11.7. The molecule has 8 nitrogen and oxygen atoms in total. The molecular formula is C19H20ClN5O3S2. The van der Waals surface area contributed by atoms with E-state index in [-0.39, 0.29) is 23.1 Å². The molecule has 0 spiro atoms. The van der Waals surface area contributed by atoms with E-state index in [1.54, 1.807) is 60.1 Å². The number of sulfonamides is 1. The topological polar surface area (TPSA) is 106 Å². The summed E-state index contributed by atoms with van der Waals surface area (Å²) in [5.41, 5.74) is 1.51. The van der Waals surface area contributed by atoms with Gasteiger partial charge in [-0.25, -0.2) is 13.1 Å². The molecule has 1 heterocycles. The van der Waals surface area contributed by atoms with E-state index in [2.05, 4.69) is 20.2 Å². The zero-order chi connectivity index (χ0) is 21.7. The summed E-state index contributed by atoms with van der Waals surface area (Å²) in [6.07, 6.45) is 0. The molecule has 0 aliphatic carbocycles. The number of para-hydroxylation sites is 1. The number of thioether (sulfide) groups is 1. The van der Waals surface area contributed by atoms with E-state index in [9.17, 15) is 13.2 Å². The maximum atomic E-state index is 12.4. The summed E-state index contributed by atoms with van der Waals surface area (Å²) < 4.78 is 29.0. The normalized spacial score (nSPS) is 11.4. The van der Waals surface area contributed by atoms with Gasteiger partial charge in [0, 0.05) is 7.05 Å². The minimum atomic E-state index is -3.66. The van der Waals surface area contributed by atoms with Gasteiger partial charge in [0.15, 0.2) is 5.16 Å². The Kier molecular flexibility index (Phi) is 7.14. The van der Waals surface area contributed by atoms with Gasteiger partial charge in [-0.1, -0.05) is 53.2 Å². The Balaban J connectivity index is 1.57. The number of hydrogen-bond acceptors (Lipinski definition) is 6. The number of hydrogen-bond donors (Lipinski definition) is 2. The molecule has 158 valence electrons. The molecule has 0 saturated carbocycles. The van der Waals surface area contributed by atoms with E-state index >= 15 is 0 Å². The van der Waals surface area contributed by atoms with Crippen molar-refractivity contribution >= 4 is 45.0 Å². The van der Waals surface area contributed by atoms with Crippen molar-refractivity contribution in [2.45, 2.75) is 23.5 Å². The quantitative estimate of drug-likeness (QED) is 0.495. The lowest BCUT2D eigenvalue weighted by Crippen LogP contribution is -2.24. The summed E-state index contributed by atoms with van der Waals surface area (Å²) >= 11 is 7.22. The molecule has 1 aromatic heterocycles. The van der Waals surface area contributed by atoms with Gasteiger partial charge < -0.3 is 9.88 Å². The smallest absolute Gasteiger partial charge is 0.240 e. The minimum absolute atomic E-state index is 0.0217. The van der Waals surface area contributed by atoms with Crippen molar-refractivity contribution in [1.29, 1.82) is 0 Å². The number of amides is 1. The van der Waals surface area contributed by atoms with Crippen molar-refractivity contribution in [3.63, 3.8) is 0 Å². The number of carbonyl (C=O) groups is 1. The average molecular weight is 466 g/mol. The molecule has 0 aliphatic rings. The second-order valence-corrected chi connectivity index (χ2v) is 9.53. The molecule has 0 bridgehead atoms. The highest BCUT2D eigenvalue weighted by atomic mass is 35.5. The fourth-order valence-electron chi connectivity index (χ4n) is 2.46. The van der Waals surface area contributed by atoms with Crippen LogP contribution in [0, 0.1) is 6.92 Å². The molecule has 0 radical (unpaired) electrons. The van der Waals surface area contributed by atoms with Gasteiger partial charge >= 0.3 is 0 Å². The Morgan fingerprint density at radius 1 is 1.13 bits per heavy atom. The standard InChI is InChI=1S/C19H20ClN5O3S2/c1-13-7-9-14(10-8-13)30(27,28)21-11-17-23-24-19(25(17)2)29-12-18(26)22-16-6-4-3-5-15(16)20/h3-10,21H,11-12H2,1-2H3,(H,22,26). The lowest BCUT2D eigenvalue weighted by atomic mass is 10.2. The maximum Gasteiger partial charge on any atom is 0.240 e. The number of halogens is 1. The molecule has 11 heteroatoms. The summed E-state index contributed by atoms with van der Waals surface area (Å²) in [6.45, 7) is 1.86. The molecule has 3 rings (SSSR count). The van der Waals surface area contributed by atoms with Crippen molar-refractivity contribution in [2.24, 2.45) is 7.05 Å². The largest absolute Gasteiger partial charge is 0.324 e. The van der Waals surface area contributed by atoms with Crippen LogP contribution in [0.15, 0.2) is 58.6 Å². The van der Waals surface area contributed by atoms with Gasteiger partial charge in [0.25, 0.3) is 0 Å². The fourth-order valence-corrected chi connectivity index (χ4v) is 4.36. The Morgan fingerprint density at radius 2 is 1.83 bits per heavy atom. The number of aromatic nitrogens is 3. The van der Waals surface area contributed by atoms with E-state index in [4.69, 9.17) is 11.6 Å². The molecule has 30 heavy (non-hydrogen) atoms. The molecule has 2 N–H and O–H groups in total. The molecule has 0 saturated heterocycles. The highest BCUT2D eigenvalue weighted by molar-refractivity contribution is 7.99. The van der Waals surface area contributed by atoms with E-state index < -0.39 is 10.0 Å². The van der Waals surface area contributed by atoms with Crippen LogP contribution in [-0.2, 0) is 28.4 Å². The van der Waals surface area contributed by atoms with Gasteiger partial charge in [-0.15, -0.1) is 10.2 Å². The molecule has 2 aromatic carbocycles. The molecule has 3 aromatic rings. The van der Waals surface area contributed by atoms with Crippen molar-refractivity contribution in [1.82, 2.24) is 19.5 Å². The van der Waals surface area contributed by atoms with Crippen LogP contribution in [0.25, 0.3) is 0 Å². The van der Waals surface area contributed by atoms with E-state index in [1.165, 1.54) is 11.8 Å². The number of nitrogens with one attached hydrogen (secondary N) is 2. The summed E-state index contributed by atoms with van der Waals surface area (Å²) in [4.78, 5) is 12.3. The minimum Gasteiger partial charge on any atom is -0.324 e. The second kappa shape index (κ2) is 9.61. The van der Waals surface area contributed by atoms with Crippen LogP contribution in [-0.4, -0.2) is 34.8 Å².